The summed E-state index contributed by atoms with van der Waals surface area (Å²) in [6.45, 7) is 5.10. The zero-order valence-electron chi connectivity index (χ0n) is 15.5. The number of hydrogen-bond donors (Lipinski definition) is 0. The number of aromatic nitrogens is 4. The van der Waals surface area contributed by atoms with E-state index in [1.807, 2.05) is 0 Å². The van der Waals surface area contributed by atoms with Gasteiger partial charge in [0.15, 0.2) is 5.65 Å². The highest BCUT2D eigenvalue weighted by molar-refractivity contribution is 6.28. The molecule has 0 N–H and O–H groups in total. The van der Waals surface area contributed by atoms with Crippen LogP contribution in [-0.4, -0.2) is 70.1 Å². The molecule has 152 valence electrons. The van der Waals surface area contributed by atoms with Gasteiger partial charge in [0.2, 0.25) is 5.28 Å². The quantitative estimate of drug-likeness (QED) is 0.605. The molecule has 4 heterocycles. The van der Waals surface area contributed by atoms with Crippen molar-refractivity contribution < 1.29 is 13.5 Å². The summed E-state index contributed by atoms with van der Waals surface area (Å²) in [4.78, 5) is 13.3. The number of hydrogen-bond acceptors (Lipinski definition) is 6. The molecule has 2 aliphatic rings. The molecule has 0 radical (unpaired) electrons. The molecular formula is C19H19ClF2N6O. The Balaban J connectivity index is 1.45. The van der Waals surface area contributed by atoms with Gasteiger partial charge in [-0.1, -0.05) is 12.1 Å². The van der Waals surface area contributed by atoms with Crippen LogP contribution in [0.3, 0.4) is 0 Å². The molecule has 1 aromatic carbocycles. The Hall–Kier alpha value is -2.36. The van der Waals surface area contributed by atoms with Gasteiger partial charge in [0.25, 0.3) is 6.43 Å². The van der Waals surface area contributed by atoms with Gasteiger partial charge in [0, 0.05) is 37.8 Å². The first-order valence-corrected chi connectivity index (χ1v) is 9.84. The molecule has 2 fully saturated rings. The lowest BCUT2D eigenvalue weighted by Gasteiger charge is -2.47. The zero-order chi connectivity index (χ0) is 20.0. The maximum absolute atomic E-state index is 13.1. The summed E-state index contributed by atoms with van der Waals surface area (Å²) in [5.41, 5.74) is 0.942. The lowest BCUT2D eigenvalue weighted by Crippen LogP contribution is -2.61. The minimum atomic E-state index is -2.55. The lowest BCUT2D eigenvalue weighted by atomic mass is 10.1. The lowest BCUT2D eigenvalue weighted by molar-refractivity contribution is 0.0105. The number of benzene rings is 1. The molecule has 0 amide bonds. The molecule has 2 aliphatic heterocycles. The number of fused-ring (bicyclic) bond motifs is 1. The molecule has 29 heavy (non-hydrogen) atoms. The fourth-order valence-electron chi connectivity index (χ4n) is 3.89. The molecule has 0 unspecified atom stereocenters. The molecule has 0 spiro atoms. The molecular weight excluding hydrogens is 402 g/mol. The smallest absolute Gasteiger partial charge is 0.263 e. The maximum Gasteiger partial charge on any atom is 0.263 e. The van der Waals surface area contributed by atoms with E-state index in [0.717, 1.165) is 50.6 Å². The van der Waals surface area contributed by atoms with Gasteiger partial charge in [0.05, 0.1) is 30.5 Å². The van der Waals surface area contributed by atoms with Crippen LogP contribution in [0.4, 0.5) is 14.6 Å². The summed E-state index contributed by atoms with van der Waals surface area (Å²) in [5.74, 6) is 0.723. The van der Waals surface area contributed by atoms with E-state index in [1.165, 1.54) is 16.8 Å². The van der Waals surface area contributed by atoms with Crippen molar-refractivity contribution >= 4 is 28.5 Å². The number of anilines is 1. The molecule has 5 rings (SSSR count). The van der Waals surface area contributed by atoms with Gasteiger partial charge < -0.3 is 9.64 Å². The number of rotatable bonds is 4. The molecule has 0 atom stereocenters. The average molecular weight is 421 g/mol. The van der Waals surface area contributed by atoms with E-state index in [9.17, 15) is 8.78 Å². The number of alkyl halides is 2. The standard InChI is InChI=1S/C19H19ClF2N6O/c20-19-24-17(27-10-14(11-27)26-4-6-29-7-5-26)15-9-23-28(18(15)25-19)13-3-1-2-12(8-13)16(21)22/h1-3,8-9,14,16H,4-7,10-11H2. The molecule has 0 saturated carbocycles. The summed E-state index contributed by atoms with van der Waals surface area (Å²) in [6.07, 6.45) is -0.887. The van der Waals surface area contributed by atoms with Gasteiger partial charge in [-0.25, -0.2) is 13.5 Å². The van der Waals surface area contributed by atoms with Gasteiger partial charge in [0.1, 0.15) is 5.82 Å². The maximum atomic E-state index is 13.1. The fourth-order valence-corrected chi connectivity index (χ4v) is 4.05. The Morgan fingerprint density at radius 1 is 1.14 bits per heavy atom. The van der Waals surface area contributed by atoms with Crippen LogP contribution >= 0.6 is 11.6 Å². The van der Waals surface area contributed by atoms with Crippen molar-refractivity contribution in [3.05, 3.63) is 41.3 Å². The van der Waals surface area contributed by atoms with Crippen LogP contribution in [0.15, 0.2) is 30.5 Å². The van der Waals surface area contributed by atoms with Crippen molar-refractivity contribution in [1.29, 1.82) is 0 Å². The normalized spacial score (nSPS) is 18.6. The van der Waals surface area contributed by atoms with E-state index in [-0.39, 0.29) is 10.8 Å². The third-order valence-electron chi connectivity index (χ3n) is 5.47. The van der Waals surface area contributed by atoms with E-state index in [1.54, 1.807) is 18.3 Å². The Morgan fingerprint density at radius 3 is 2.69 bits per heavy atom. The minimum Gasteiger partial charge on any atom is -0.379 e. The second-order valence-corrected chi connectivity index (χ2v) is 7.55. The molecule has 2 aromatic heterocycles. The van der Waals surface area contributed by atoms with Gasteiger partial charge in [-0.3, -0.25) is 4.90 Å². The topological polar surface area (TPSA) is 59.3 Å². The zero-order valence-corrected chi connectivity index (χ0v) is 16.3. The number of nitrogens with zero attached hydrogens (tertiary/aromatic N) is 6. The Bertz CT molecular complexity index is 1030. The molecule has 2 saturated heterocycles. The predicted molar refractivity (Wildman–Crippen MR) is 105 cm³/mol. The number of morpholine rings is 1. The average Bonchev–Trinajstić information content (AvgIpc) is 3.11. The largest absolute Gasteiger partial charge is 0.379 e. The number of halogens is 3. The van der Waals surface area contributed by atoms with E-state index >= 15 is 0 Å². The molecule has 10 heteroatoms. The van der Waals surface area contributed by atoms with Crippen molar-refractivity contribution in [2.45, 2.75) is 12.5 Å². The molecule has 3 aromatic rings. The van der Waals surface area contributed by atoms with Crippen LogP contribution in [0.5, 0.6) is 0 Å². The van der Waals surface area contributed by atoms with Crippen molar-refractivity contribution in [3.8, 4) is 5.69 Å². The van der Waals surface area contributed by atoms with Crippen LogP contribution in [0.1, 0.15) is 12.0 Å². The van der Waals surface area contributed by atoms with E-state index in [0.29, 0.717) is 17.4 Å². The summed E-state index contributed by atoms with van der Waals surface area (Å²) >= 11 is 6.20. The van der Waals surface area contributed by atoms with Crippen LogP contribution in [0.2, 0.25) is 5.28 Å². The first-order valence-electron chi connectivity index (χ1n) is 9.46. The van der Waals surface area contributed by atoms with Crippen LogP contribution in [-0.2, 0) is 4.74 Å². The fraction of sp³-hybridized carbons (Fsp3) is 0.421. The predicted octanol–water partition coefficient (Wildman–Crippen LogP) is 2.93. The first-order chi connectivity index (χ1) is 14.1. The van der Waals surface area contributed by atoms with E-state index < -0.39 is 6.43 Å². The van der Waals surface area contributed by atoms with Crippen molar-refractivity contribution in [2.75, 3.05) is 44.3 Å². The first kappa shape index (κ1) is 18.7. The number of ether oxygens (including phenoxy) is 1. The Labute approximate surface area is 170 Å². The highest BCUT2D eigenvalue weighted by Gasteiger charge is 2.34. The molecule has 0 bridgehead atoms. The van der Waals surface area contributed by atoms with Gasteiger partial charge in [-0.2, -0.15) is 15.1 Å². The third-order valence-corrected chi connectivity index (χ3v) is 5.64. The van der Waals surface area contributed by atoms with E-state index in [2.05, 4.69) is 24.9 Å². The monoisotopic (exact) mass is 420 g/mol. The van der Waals surface area contributed by atoms with Crippen molar-refractivity contribution in [3.63, 3.8) is 0 Å². The Kier molecular flexibility index (Phi) is 4.81. The van der Waals surface area contributed by atoms with Gasteiger partial charge >= 0.3 is 0 Å². The van der Waals surface area contributed by atoms with Crippen LogP contribution in [0, 0.1) is 0 Å². The van der Waals surface area contributed by atoms with Crippen LogP contribution < -0.4 is 4.90 Å². The van der Waals surface area contributed by atoms with Crippen molar-refractivity contribution in [2.24, 2.45) is 0 Å². The van der Waals surface area contributed by atoms with Crippen molar-refractivity contribution in [1.82, 2.24) is 24.6 Å². The minimum absolute atomic E-state index is 0.0670. The SMILES string of the molecule is FC(F)c1cccc(-n2ncc3c(N4CC(N5CCOCC5)C4)nc(Cl)nc32)c1. The van der Waals surface area contributed by atoms with Gasteiger partial charge in [-0.05, 0) is 23.7 Å². The third kappa shape index (κ3) is 3.43. The summed E-state index contributed by atoms with van der Waals surface area (Å²) < 4.78 is 33.1. The summed E-state index contributed by atoms with van der Waals surface area (Å²) in [5, 5.41) is 5.23. The highest BCUT2D eigenvalue weighted by atomic mass is 35.5. The second kappa shape index (κ2) is 7.47. The molecule has 0 aliphatic carbocycles. The Morgan fingerprint density at radius 2 is 1.93 bits per heavy atom. The highest BCUT2D eigenvalue weighted by Crippen LogP contribution is 2.31. The second-order valence-electron chi connectivity index (χ2n) is 7.21. The molecule has 7 nitrogen and oxygen atoms in total. The van der Waals surface area contributed by atoms with E-state index in [4.69, 9.17) is 16.3 Å². The summed E-state index contributed by atoms with van der Waals surface area (Å²) in [7, 11) is 0. The summed E-state index contributed by atoms with van der Waals surface area (Å²) in [6, 6.07) is 6.55. The van der Waals surface area contributed by atoms with Crippen LogP contribution in [0.25, 0.3) is 16.7 Å². The van der Waals surface area contributed by atoms with Gasteiger partial charge in [-0.15, -0.1) is 0 Å².